The molecule has 22 heavy (non-hydrogen) atoms. The monoisotopic (exact) mass is 322 g/mol. The van der Waals surface area contributed by atoms with Gasteiger partial charge in [-0.05, 0) is 17.9 Å². The number of methoxy groups -OCH3 is 1. The van der Waals surface area contributed by atoms with E-state index in [-0.39, 0.29) is 18.3 Å². The third-order valence-electron chi connectivity index (χ3n) is 2.92. The molecule has 2 aromatic heterocycles. The van der Waals surface area contributed by atoms with Gasteiger partial charge in [0.05, 0.1) is 13.7 Å². The maximum Gasteiger partial charge on any atom is 0.258 e. The number of aromatic nitrogens is 2. The normalized spacial score (nSPS) is 10.3. The van der Waals surface area contributed by atoms with E-state index in [1.54, 1.807) is 24.6 Å². The summed E-state index contributed by atoms with van der Waals surface area (Å²) in [6, 6.07) is 4.00. The van der Waals surface area contributed by atoms with Crippen molar-refractivity contribution in [2.75, 3.05) is 20.2 Å². The van der Waals surface area contributed by atoms with Gasteiger partial charge in [0, 0.05) is 24.7 Å². The van der Waals surface area contributed by atoms with Crippen LogP contribution in [0.25, 0.3) is 0 Å². The Morgan fingerprint density at radius 3 is 2.91 bits per heavy atom. The molecule has 0 saturated heterocycles. The molecule has 0 aromatic carbocycles. The lowest BCUT2D eigenvalue weighted by atomic mass is 10.3. The maximum absolute atomic E-state index is 12.0. The van der Waals surface area contributed by atoms with Gasteiger partial charge in [-0.15, -0.1) is 16.4 Å². The predicted octanol–water partition coefficient (Wildman–Crippen LogP) is 0.579. The molecule has 2 aromatic rings. The number of rotatable bonds is 7. The minimum absolute atomic E-state index is 0.0820. The number of nitrogens with zero attached hydrogens (tertiary/aromatic N) is 2. The quantitative estimate of drug-likeness (QED) is 0.781. The van der Waals surface area contributed by atoms with Crippen molar-refractivity contribution in [1.82, 2.24) is 20.4 Å². The molecule has 2 rings (SSSR count). The predicted molar refractivity (Wildman–Crippen MR) is 83.1 cm³/mol. The summed E-state index contributed by atoms with van der Waals surface area (Å²) < 4.78 is 6.49. The minimum Gasteiger partial charge on any atom is -0.479 e. The second-order valence-electron chi connectivity index (χ2n) is 4.59. The van der Waals surface area contributed by atoms with E-state index in [9.17, 15) is 9.59 Å². The van der Waals surface area contributed by atoms with Crippen LogP contribution in [0.4, 0.5) is 0 Å². The minimum atomic E-state index is -0.390. The van der Waals surface area contributed by atoms with E-state index in [1.807, 2.05) is 17.5 Å². The Morgan fingerprint density at radius 1 is 1.41 bits per heavy atom. The number of hydrogen-bond donors (Lipinski definition) is 2. The summed E-state index contributed by atoms with van der Waals surface area (Å²) in [5, 5.41) is 11.3. The second-order valence-corrected chi connectivity index (χ2v) is 5.62. The fourth-order valence-electron chi connectivity index (χ4n) is 1.87. The first-order valence-corrected chi connectivity index (χ1v) is 7.63. The molecule has 0 aliphatic rings. The van der Waals surface area contributed by atoms with E-state index in [4.69, 9.17) is 4.74 Å². The molecule has 118 valence electrons. The van der Waals surface area contributed by atoms with Crippen molar-refractivity contribution in [3.05, 3.63) is 34.2 Å². The van der Waals surface area contributed by atoms with Crippen molar-refractivity contribution in [1.29, 1.82) is 0 Å². The van der Waals surface area contributed by atoms with Gasteiger partial charge in [0.25, 0.3) is 5.91 Å². The summed E-state index contributed by atoms with van der Waals surface area (Å²) in [6.45, 7) is 0.465. The first-order chi connectivity index (χ1) is 10.6. The molecule has 0 bridgehead atoms. The average Bonchev–Trinajstić information content (AvgIpc) is 3.14. The highest BCUT2D eigenvalue weighted by Crippen LogP contribution is 2.14. The van der Waals surface area contributed by atoms with E-state index < -0.39 is 5.91 Å². The van der Waals surface area contributed by atoms with Gasteiger partial charge in [-0.3, -0.25) is 14.3 Å². The van der Waals surface area contributed by atoms with Gasteiger partial charge in [-0.25, -0.2) is 0 Å². The van der Waals surface area contributed by atoms with Crippen molar-refractivity contribution < 1.29 is 14.3 Å². The summed E-state index contributed by atoms with van der Waals surface area (Å²) in [5.74, 6) is -0.385. The number of amides is 2. The Balaban J connectivity index is 1.74. The van der Waals surface area contributed by atoms with Gasteiger partial charge in [0.2, 0.25) is 11.8 Å². The first-order valence-electron chi connectivity index (χ1n) is 6.75. The van der Waals surface area contributed by atoms with E-state index in [0.717, 1.165) is 6.42 Å². The molecule has 7 nitrogen and oxygen atoms in total. The highest BCUT2D eigenvalue weighted by Gasteiger charge is 2.16. The van der Waals surface area contributed by atoms with Gasteiger partial charge in [-0.2, -0.15) is 0 Å². The highest BCUT2D eigenvalue weighted by molar-refractivity contribution is 7.09. The molecule has 0 unspecified atom stereocenters. The molecule has 0 aliphatic heterocycles. The van der Waals surface area contributed by atoms with Crippen LogP contribution < -0.4 is 15.4 Å². The SMILES string of the molecule is COc1nn(C)cc1C(=O)NCC(=O)NCCc1cccs1. The van der Waals surface area contributed by atoms with Crippen molar-refractivity contribution in [2.24, 2.45) is 7.05 Å². The Hall–Kier alpha value is -2.35. The number of carbonyl (C=O) groups is 2. The zero-order valence-electron chi connectivity index (χ0n) is 12.5. The maximum atomic E-state index is 12.0. The van der Waals surface area contributed by atoms with Gasteiger partial charge in [0.1, 0.15) is 5.56 Å². The highest BCUT2D eigenvalue weighted by atomic mass is 32.1. The Kier molecular flexibility index (Phi) is 5.54. The van der Waals surface area contributed by atoms with Crippen LogP contribution in [0.15, 0.2) is 23.7 Å². The molecule has 2 N–H and O–H groups in total. The topological polar surface area (TPSA) is 85.2 Å². The third kappa shape index (κ3) is 4.32. The van der Waals surface area contributed by atoms with Crippen LogP contribution in [0, 0.1) is 0 Å². The lowest BCUT2D eigenvalue weighted by Crippen LogP contribution is -2.37. The second kappa shape index (κ2) is 7.60. The molecule has 2 amide bonds. The summed E-state index contributed by atoms with van der Waals surface area (Å²) in [4.78, 5) is 24.9. The van der Waals surface area contributed by atoms with Crippen molar-refractivity contribution >= 4 is 23.2 Å². The van der Waals surface area contributed by atoms with Crippen molar-refractivity contribution in [3.8, 4) is 5.88 Å². The molecule has 2 heterocycles. The summed E-state index contributed by atoms with van der Waals surface area (Å²) >= 11 is 1.65. The zero-order valence-corrected chi connectivity index (χ0v) is 13.3. The van der Waals surface area contributed by atoms with Crippen LogP contribution in [0.5, 0.6) is 5.88 Å². The number of ether oxygens (including phenoxy) is 1. The molecule has 0 atom stereocenters. The molecule has 8 heteroatoms. The van der Waals surface area contributed by atoms with Crippen LogP contribution in [-0.4, -0.2) is 41.8 Å². The van der Waals surface area contributed by atoms with Gasteiger partial charge in [-0.1, -0.05) is 6.07 Å². The smallest absolute Gasteiger partial charge is 0.258 e. The van der Waals surface area contributed by atoms with Crippen molar-refractivity contribution in [3.63, 3.8) is 0 Å². The Morgan fingerprint density at radius 2 is 2.23 bits per heavy atom. The average molecular weight is 322 g/mol. The first kappa shape index (κ1) is 16.0. The number of hydrogen-bond acceptors (Lipinski definition) is 5. The van der Waals surface area contributed by atoms with Gasteiger partial charge >= 0.3 is 0 Å². The molecule has 0 radical (unpaired) electrons. The largest absolute Gasteiger partial charge is 0.479 e. The lowest BCUT2D eigenvalue weighted by Gasteiger charge is -2.06. The van der Waals surface area contributed by atoms with Gasteiger partial charge < -0.3 is 15.4 Å². The van der Waals surface area contributed by atoms with Crippen LogP contribution in [0.1, 0.15) is 15.2 Å². The Labute approximate surface area is 132 Å². The summed E-state index contributed by atoms with van der Waals surface area (Å²) in [7, 11) is 3.13. The fraction of sp³-hybridized carbons (Fsp3) is 0.357. The third-order valence-corrected chi connectivity index (χ3v) is 3.85. The fourth-order valence-corrected chi connectivity index (χ4v) is 2.58. The molecule has 0 spiro atoms. The van der Waals surface area contributed by atoms with E-state index in [2.05, 4.69) is 15.7 Å². The molecular weight excluding hydrogens is 304 g/mol. The number of thiophene rings is 1. The standard InChI is InChI=1S/C14H18N4O3S/c1-18-9-11(14(17-18)21-2)13(20)16-8-12(19)15-6-5-10-4-3-7-22-10/h3-4,7,9H,5-6,8H2,1-2H3,(H,15,19)(H,16,20). The lowest BCUT2D eigenvalue weighted by molar-refractivity contribution is -0.120. The van der Waals surface area contributed by atoms with Crippen LogP contribution >= 0.6 is 11.3 Å². The van der Waals surface area contributed by atoms with Crippen molar-refractivity contribution in [2.45, 2.75) is 6.42 Å². The number of aryl methyl sites for hydroxylation is 1. The van der Waals surface area contributed by atoms with Crippen LogP contribution in [0.2, 0.25) is 0 Å². The molecule has 0 saturated carbocycles. The number of nitrogens with one attached hydrogen (secondary N) is 2. The summed E-state index contributed by atoms with van der Waals surface area (Å²) in [5.41, 5.74) is 0.302. The van der Waals surface area contributed by atoms with E-state index in [0.29, 0.717) is 12.1 Å². The van der Waals surface area contributed by atoms with Gasteiger partial charge in [0.15, 0.2) is 0 Å². The molecular formula is C14H18N4O3S. The zero-order chi connectivity index (χ0) is 15.9. The molecule has 0 fully saturated rings. The van der Waals surface area contributed by atoms with E-state index in [1.165, 1.54) is 16.7 Å². The number of carbonyl (C=O) groups excluding carboxylic acids is 2. The van der Waals surface area contributed by atoms with Crippen LogP contribution in [0.3, 0.4) is 0 Å². The van der Waals surface area contributed by atoms with Crippen LogP contribution in [-0.2, 0) is 18.3 Å². The Bertz CT molecular complexity index is 637. The summed E-state index contributed by atoms with van der Waals surface area (Å²) in [6.07, 6.45) is 2.33. The molecule has 0 aliphatic carbocycles. The van der Waals surface area contributed by atoms with E-state index >= 15 is 0 Å².